The van der Waals surface area contributed by atoms with E-state index in [4.69, 9.17) is 4.42 Å². The summed E-state index contributed by atoms with van der Waals surface area (Å²) in [5.41, 5.74) is 1.98. The Balaban J connectivity index is 1.22. The molecule has 2 aliphatic carbocycles. The van der Waals surface area contributed by atoms with Gasteiger partial charge in [0.1, 0.15) is 6.26 Å². The number of rotatable bonds is 4. The number of alkyl halides is 2. The number of anilines is 2. The van der Waals surface area contributed by atoms with Gasteiger partial charge < -0.3 is 9.32 Å². The second kappa shape index (κ2) is 6.75. The molecule has 2 aliphatic heterocycles. The third-order valence-corrected chi connectivity index (χ3v) is 8.78. The minimum Gasteiger partial charge on any atom is -0.441 e. The van der Waals surface area contributed by atoms with Crippen molar-refractivity contribution in [2.45, 2.75) is 18.8 Å². The Morgan fingerprint density at radius 2 is 2.09 bits per heavy atom. The van der Waals surface area contributed by atoms with E-state index < -0.39 is 22.0 Å². The minimum absolute atomic E-state index is 0.0808. The molecule has 0 aromatic carbocycles. The van der Waals surface area contributed by atoms with Crippen LogP contribution in [0.2, 0.25) is 0 Å². The van der Waals surface area contributed by atoms with Gasteiger partial charge in [0.05, 0.1) is 17.6 Å². The maximum atomic E-state index is 13.4. The average Bonchev–Trinajstić information content (AvgIpc) is 3.31. The molecule has 12 heteroatoms. The number of allylic oxidation sites excluding steroid dienone is 1. The molecule has 0 radical (unpaired) electrons. The molecule has 4 aliphatic rings. The van der Waals surface area contributed by atoms with Crippen LogP contribution < -0.4 is 8.61 Å². The summed E-state index contributed by atoms with van der Waals surface area (Å²) in [6.07, 6.45) is 5.32. The quantitative estimate of drug-likeness (QED) is 0.671. The smallest absolute Gasteiger partial charge is 0.327 e. The van der Waals surface area contributed by atoms with Crippen molar-refractivity contribution in [3.8, 4) is 0 Å². The fraction of sp³-hybridized carbons (Fsp3) is 0.476. The number of hydrogen-bond acceptors (Lipinski definition) is 6. The van der Waals surface area contributed by atoms with Crippen molar-refractivity contribution in [3.05, 3.63) is 42.3 Å². The van der Waals surface area contributed by atoms with E-state index in [-0.39, 0.29) is 42.4 Å². The van der Waals surface area contributed by atoms with E-state index in [0.717, 1.165) is 14.2 Å². The lowest BCUT2D eigenvalue weighted by atomic mass is 9.99. The predicted molar refractivity (Wildman–Crippen MR) is 114 cm³/mol. The first-order valence-electron chi connectivity index (χ1n) is 10.7. The summed E-state index contributed by atoms with van der Waals surface area (Å²) in [6, 6.07) is 3.39. The van der Waals surface area contributed by atoms with Gasteiger partial charge in [-0.15, -0.1) is 0 Å². The molecule has 2 aromatic heterocycles. The maximum Gasteiger partial charge on any atom is 0.327 e. The highest BCUT2D eigenvalue weighted by Crippen LogP contribution is 2.51. The third kappa shape index (κ3) is 3.14. The number of carbonyl (C=O) groups excluding carboxylic acids is 1. The largest absolute Gasteiger partial charge is 0.441 e. The number of likely N-dealkylation sites (tertiary alicyclic amines) is 1. The van der Waals surface area contributed by atoms with Gasteiger partial charge in [-0.2, -0.15) is 8.42 Å². The van der Waals surface area contributed by atoms with Gasteiger partial charge >= 0.3 is 16.1 Å². The monoisotopic (exact) mass is 477 g/mol. The van der Waals surface area contributed by atoms with Crippen molar-refractivity contribution >= 4 is 33.2 Å². The number of nitrogens with zero attached hydrogens (tertiary/aromatic N) is 5. The number of hydrogen-bond donors (Lipinski definition) is 0. The van der Waals surface area contributed by atoms with Gasteiger partial charge in [0, 0.05) is 39.0 Å². The second-order valence-corrected chi connectivity index (χ2v) is 11.0. The van der Waals surface area contributed by atoms with E-state index in [2.05, 4.69) is 16.0 Å². The second-order valence-electron chi connectivity index (χ2n) is 9.08. The summed E-state index contributed by atoms with van der Waals surface area (Å²) >= 11 is 0. The zero-order chi connectivity index (χ0) is 23.1. The molecular formula is C21H21F2N5O4S. The molecule has 0 bridgehead atoms. The average molecular weight is 477 g/mol. The first kappa shape index (κ1) is 20.6. The number of aromatic nitrogens is 2. The Hall–Kier alpha value is -3.02. The molecular weight excluding hydrogens is 456 g/mol. The van der Waals surface area contributed by atoms with Crippen molar-refractivity contribution in [2.24, 2.45) is 17.8 Å². The molecule has 2 fully saturated rings. The van der Waals surface area contributed by atoms with Crippen molar-refractivity contribution in [2.75, 3.05) is 35.3 Å². The van der Waals surface area contributed by atoms with Gasteiger partial charge in [-0.05, 0) is 36.0 Å². The lowest BCUT2D eigenvalue weighted by Crippen LogP contribution is -2.37. The van der Waals surface area contributed by atoms with Crippen LogP contribution >= 0.6 is 0 Å². The van der Waals surface area contributed by atoms with Crippen molar-refractivity contribution < 1.29 is 26.4 Å². The third-order valence-electron chi connectivity index (χ3n) is 7.01. The number of halogens is 2. The van der Waals surface area contributed by atoms with Crippen LogP contribution in [0.5, 0.6) is 0 Å². The van der Waals surface area contributed by atoms with Crippen LogP contribution in [0.25, 0.3) is 5.57 Å². The first-order valence-corrected chi connectivity index (χ1v) is 12.1. The molecule has 1 saturated carbocycles. The number of pyridine rings is 1. The van der Waals surface area contributed by atoms with Crippen molar-refractivity contribution in [1.82, 2.24) is 14.9 Å². The molecule has 9 nitrogen and oxygen atoms in total. The summed E-state index contributed by atoms with van der Waals surface area (Å²) in [4.78, 5) is 22.7. The SMILES string of the molecule is CN1c2nc(C3=CC4CN(C(=O)c5ncco5)CC4C3)ccc2N(CC2CC2(F)F)S1(=O)=O. The standard InChI is InChI=1S/C21H21F2N5O4S/c1-26-18-17(28(33(26,30)31)11-15-8-21(15,22)23)3-2-16(25-18)12-6-13-9-27(10-14(13)7-12)20(29)19-24-4-5-32-19/h2-6,13-15H,7-11H2,1H3. The van der Waals surface area contributed by atoms with Crippen LogP contribution in [0, 0.1) is 17.8 Å². The molecule has 0 N–H and O–H groups in total. The zero-order valence-corrected chi connectivity index (χ0v) is 18.5. The molecule has 3 atom stereocenters. The van der Waals surface area contributed by atoms with Gasteiger partial charge in [-0.3, -0.25) is 4.79 Å². The molecule has 1 amide bonds. The van der Waals surface area contributed by atoms with Gasteiger partial charge in [-0.1, -0.05) is 6.08 Å². The van der Waals surface area contributed by atoms with E-state index in [0.29, 0.717) is 30.9 Å². The molecule has 174 valence electrons. The van der Waals surface area contributed by atoms with Gasteiger partial charge in [0.2, 0.25) is 0 Å². The Labute approximate surface area is 188 Å². The zero-order valence-electron chi connectivity index (χ0n) is 17.7. The Bertz CT molecular complexity index is 1280. The number of fused-ring (bicyclic) bond motifs is 2. The lowest BCUT2D eigenvalue weighted by Gasteiger charge is -2.18. The van der Waals surface area contributed by atoms with E-state index in [1.807, 2.05) is 0 Å². The highest BCUT2D eigenvalue weighted by molar-refractivity contribution is 7.94. The number of oxazole rings is 1. The Morgan fingerprint density at radius 1 is 1.30 bits per heavy atom. The van der Waals surface area contributed by atoms with Gasteiger partial charge in [0.25, 0.3) is 11.8 Å². The van der Waals surface area contributed by atoms with Crippen molar-refractivity contribution in [3.63, 3.8) is 0 Å². The van der Waals surface area contributed by atoms with Gasteiger partial charge in [-0.25, -0.2) is 27.4 Å². The number of amides is 1. The molecule has 0 spiro atoms. The Kier molecular flexibility index (Phi) is 4.21. The van der Waals surface area contributed by atoms with Crippen LogP contribution in [0.15, 0.2) is 35.1 Å². The normalized spacial score (nSPS) is 28.6. The van der Waals surface area contributed by atoms with Crippen LogP contribution in [0.4, 0.5) is 20.3 Å². The van der Waals surface area contributed by atoms with E-state index in [9.17, 15) is 22.0 Å². The first-order chi connectivity index (χ1) is 15.6. The fourth-order valence-corrected chi connectivity index (χ4v) is 6.43. The summed E-state index contributed by atoms with van der Waals surface area (Å²) in [5.74, 6) is -3.27. The van der Waals surface area contributed by atoms with E-state index >= 15 is 0 Å². The molecule has 33 heavy (non-hydrogen) atoms. The minimum atomic E-state index is -3.93. The topological polar surface area (TPSA) is 99.8 Å². The summed E-state index contributed by atoms with van der Waals surface area (Å²) < 4.78 is 59.7. The van der Waals surface area contributed by atoms with Crippen molar-refractivity contribution in [1.29, 1.82) is 0 Å². The predicted octanol–water partition coefficient (Wildman–Crippen LogP) is 2.40. The van der Waals surface area contributed by atoms with E-state index in [1.165, 1.54) is 19.5 Å². The lowest BCUT2D eigenvalue weighted by molar-refractivity contribution is 0.0745. The van der Waals surface area contributed by atoms with Crippen LogP contribution in [-0.4, -0.2) is 61.8 Å². The molecule has 4 heterocycles. The fourth-order valence-electron chi connectivity index (χ4n) is 5.02. The molecule has 2 aromatic rings. The number of carbonyl (C=O) groups is 1. The highest BCUT2D eigenvalue weighted by Gasteiger charge is 2.59. The van der Waals surface area contributed by atoms with E-state index in [1.54, 1.807) is 17.0 Å². The molecule has 1 saturated heterocycles. The summed E-state index contributed by atoms with van der Waals surface area (Å²) in [6.45, 7) is 0.876. The summed E-state index contributed by atoms with van der Waals surface area (Å²) in [7, 11) is -2.54. The maximum absolute atomic E-state index is 13.4. The van der Waals surface area contributed by atoms with Crippen LogP contribution in [-0.2, 0) is 10.2 Å². The molecule has 3 unspecified atom stereocenters. The Morgan fingerprint density at radius 3 is 2.76 bits per heavy atom. The van der Waals surface area contributed by atoms with Crippen LogP contribution in [0.3, 0.4) is 0 Å². The van der Waals surface area contributed by atoms with Crippen LogP contribution in [0.1, 0.15) is 29.2 Å². The highest BCUT2D eigenvalue weighted by atomic mass is 32.2. The summed E-state index contributed by atoms with van der Waals surface area (Å²) in [5, 5.41) is 0. The molecule has 6 rings (SSSR count). The van der Waals surface area contributed by atoms with Gasteiger partial charge in [0.15, 0.2) is 5.82 Å².